The van der Waals surface area contributed by atoms with E-state index in [1.54, 1.807) is 5.57 Å². The van der Waals surface area contributed by atoms with Crippen molar-refractivity contribution in [3.63, 3.8) is 0 Å². The molecule has 1 unspecified atom stereocenters. The highest BCUT2D eigenvalue weighted by Crippen LogP contribution is 2.65. The Bertz CT molecular complexity index is 722. The number of hydrogen-bond acceptors (Lipinski definition) is 3. The summed E-state index contributed by atoms with van der Waals surface area (Å²) in [7, 11) is -1.72. The lowest BCUT2D eigenvalue weighted by molar-refractivity contribution is -0.121. The molecule has 0 radical (unpaired) electrons. The summed E-state index contributed by atoms with van der Waals surface area (Å²) in [6.45, 7) is 17.2. The third kappa shape index (κ3) is 3.93. The van der Waals surface area contributed by atoms with E-state index in [-0.39, 0.29) is 23.2 Å². The first-order chi connectivity index (χ1) is 14.4. The van der Waals surface area contributed by atoms with Crippen LogP contribution in [0.15, 0.2) is 11.6 Å². The minimum Gasteiger partial charge on any atom is -0.414 e. The number of carbonyl (C=O) groups is 1. The smallest absolute Gasteiger partial charge is 0.192 e. The van der Waals surface area contributed by atoms with Gasteiger partial charge in [0.1, 0.15) is 12.9 Å². The summed E-state index contributed by atoms with van der Waals surface area (Å²) in [6.07, 6.45) is 14.1. The molecule has 0 aromatic carbocycles. The molecule has 4 rings (SSSR count). The van der Waals surface area contributed by atoms with Crippen molar-refractivity contribution in [3.05, 3.63) is 11.6 Å². The van der Waals surface area contributed by atoms with Gasteiger partial charge in [0.05, 0.1) is 6.10 Å². The minimum absolute atomic E-state index is 0.258. The molecule has 0 aromatic rings. The molecule has 31 heavy (non-hydrogen) atoms. The lowest BCUT2D eigenvalue weighted by atomic mass is 9.48. The normalized spacial score (nSPS) is 42.9. The van der Waals surface area contributed by atoms with Crippen LogP contribution in [-0.2, 0) is 14.0 Å². The molecule has 0 saturated heterocycles. The predicted molar refractivity (Wildman–Crippen MR) is 130 cm³/mol. The highest BCUT2D eigenvalue weighted by molar-refractivity contribution is 6.74. The van der Waals surface area contributed by atoms with Crippen LogP contribution in [0.5, 0.6) is 0 Å². The topological polar surface area (TPSA) is 35.5 Å². The van der Waals surface area contributed by atoms with Crippen LogP contribution in [0.2, 0.25) is 18.1 Å². The molecule has 3 saturated carbocycles. The lowest BCUT2D eigenvalue weighted by Gasteiger charge is -2.58. The molecule has 0 amide bonds. The summed E-state index contributed by atoms with van der Waals surface area (Å²) in [6, 6.07) is 0. The molecule has 0 N–H and O–H groups in total. The Morgan fingerprint density at radius 1 is 1.10 bits per heavy atom. The molecule has 0 bridgehead atoms. The molecule has 0 aromatic heterocycles. The van der Waals surface area contributed by atoms with Crippen LogP contribution in [-0.4, -0.2) is 33.4 Å². The van der Waals surface area contributed by atoms with Crippen LogP contribution < -0.4 is 0 Å². The monoisotopic (exact) mass is 446 g/mol. The molecule has 3 fully saturated rings. The fraction of sp³-hybridized carbons (Fsp3) is 0.889. The zero-order valence-electron chi connectivity index (χ0n) is 21.1. The number of carbonyl (C=O) groups excluding carboxylic acids is 1. The summed E-state index contributed by atoms with van der Waals surface area (Å²) < 4.78 is 12.9. The van der Waals surface area contributed by atoms with E-state index in [1.807, 2.05) is 0 Å². The fourth-order valence-corrected chi connectivity index (χ4v) is 9.09. The lowest BCUT2D eigenvalue weighted by Crippen LogP contribution is -2.52. The van der Waals surface area contributed by atoms with E-state index in [0.717, 1.165) is 36.9 Å². The second kappa shape index (κ2) is 8.09. The standard InChI is InChI=1S/C27H46O3Si/c1-25(2,3)31(6,7)30-20-12-14-26(4)19(18-20)8-9-21-22-10-11-24(29-17-16-28)27(22,5)15-13-23(21)26/h8,16,20-24H,9-15,17-18H2,1-7H3/t20?,21-,22-,23-,24-,26-,27-/m0/s1. The van der Waals surface area contributed by atoms with Crippen molar-refractivity contribution >= 4 is 14.6 Å². The first kappa shape index (κ1) is 23.7. The molecule has 176 valence electrons. The average Bonchev–Trinajstić information content (AvgIpc) is 3.02. The summed E-state index contributed by atoms with van der Waals surface area (Å²) in [5.74, 6) is 2.35. The van der Waals surface area contributed by atoms with Gasteiger partial charge in [0.25, 0.3) is 0 Å². The van der Waals surface area contributed by atoms with E-state index in [1.165, 1.54) is 38.5 Å². The maximum Gasteiger partial charge on any atom is 0.192 e. The second-order valence-corrected chi connectivity index (χ2v) is 17.9. The largest absolute Gasteiger partial charge is 0.414 e. The van der Waals surface area contributed by atoms with Gasteiger partial charge < -0.3 is 14.0 Å². The van der Waals surface area contributed by atoms with Gasteiger partial charge in [-0.3, -0.25) is 0 Å². The van der Waals surface area contributed by atoms with Crippen LogP contribution in [0.3, 0.4) is 0 Å². The Balaban J connectivity index is 1.50. The van der Waals surface area contributed by atoms with Crippen molar-refractivity contribution in [2.24, 2.45) is 28.6 Å². The van der Waals surface area contributed by atoms with Gasteiger partial charge in [0.2, 0.25) is 0 Å². The Morgan fingerprint density at radius 3 is 2.52 bits per heavy atom. The van der Waals surface area contributed by atoms with E-state index in [4.69, 9.17) is 9.16 Å². The van der Waals surface area contributed by atoms with Crippen LogP contribution in [0.4, 0.5) is 0 Å². The number of rotatable bonds is 5. The van der Waals surface area contributed by atoms with Crippen LogP contribution in [0.1, 0.15) is 86.0 Å². The van der Waals surface area contributed by atoms with E-state index < -0.39 is 8.32 Å². The van der Waals surface area contributed by atoms with Crippen molar-refractivity contribution in [1.82, 2.24) is 0 Å². The Labute approximate surface area is 191 Å². The highest BCUT2D eigenvalue weighted by atomic mass is 28.4. The Kier molecular flexibility index (Phi) is 6.19. The number of hydrogen-bond donors (Lipinski definition) is 0. The summed E-state index contributed by atoms with van der Waals surface area (Å²) in [4.78, 5) is 10.9. The van der Waals surface area contributed by atoms with Gasteiger partial charge in [0, 0.05) is 6.10 Å². The molecule has 0 heterocycles. The number of allylic oxidation sites excluding steroid dienone is 1. The SMILES string of the molecule is CC(C)(C)[Si](C)(C)OC1CC[C@@]2(C)C(=CC[C@H]3[C@@H]4CC[C@H](OCC=O)[C@@]4(C)CC[C@@H]32)C1. The second-order valence-electron chi connectivity index (χ2n) is 13.1. The van der Waals surface area contributed by atoms with Gasteiger partial charge in [-0.05, 0) is 98.1 Å². The summed E-state index contributed by atoms with van der Waals surface area (Å²) in [5.41, 5.74) is 2.33. The van der Waals surface area contributed by atoms with Crippen LogP contribution >= 0.6 is 0 Å². The first-order valence-corrected chi connectivity index (χ1v) is 15.8. The van der Waals surface area contributed by atoms with Crippen LogP contribution in [0, 0.1) is 28.6 Å². The highest BCUT2D eigenvalue weighted by Gasteiger charge is 2.59. The van der Waals surface area contributed by atoms with E-state index in [9.17, 15) is 4.79 Å². The first-order valence-electron chi connectivity index (χ1n) is 12.8. The van der Waals surface area contributed by atoms with E-state index >= 15 is 0 Å². The van der Waals surface area contributed by atoms with Crippen molar-refractivity contribution in [1.29, 1.82) is 0 Å². The number of aldehydes is 1. The van der Waals surface area contributed by atoms with Gasteiger partial charge >= 0.3 is 0 Å². The van der Waals surface area contributed by atoms with Gasteiger partial charge in [0.15, 0.2) is 8.32 Å². The summed E-state index contributed by atoms with van der Waals surface area (Å²) in [5, 5.41) is 0.276. The molecule has 4 heteroatoms. The Morgan fingerprint density at radius 2 is 1.84 bits per heavy atom. The van der Waals surface area contributed by atoms with Gasteiger partial charge in [-0.1, -0.05) is 46.3 Å². The third-order valence-corrected chi connectivity index (χ3v) is 15.1. The molecule has 0 aliphatic heterocycles. The van der Waals surface area contributed by atoms with Crippen molar-refractivity contribution in [3.8, 4) is 0 Å². The maximum atomic E-state index is 10.9. The fourth-order valence-electron chi connectivity index (χ4n) is 7.70. The zero-order valence-corrected chi connectivity index (χ0v) is 22.1. The number of fused-ring (bicyclic) bond motifs is 5. The third-order valence-electron chi connectivity index (χ3n) is 10.6. The molecular formula is C27H46O3Si. The zero-order chi connectivity index (χ0) is 22.7. The molecule has 7 atom stereocenters. The van der Waals surface area contributed by atoms with Gasteiger partial charge in [-0.2, -0.15) is 0 Å². The molecule has 0 spiro atoms. The van der Waals surface area contributed by atoms with Gasteiger partial charge in [-0.25, -0.2) is 0 Å². The Hall–Kier alpha value is -0.453. The van der Waals surface area contributed by atoms with Crippen molar-refractivity contribution in [2.45, 2.75) is 116 Å². The number of ether oxygens (including phenoxy) is 1. The van der Waals surface area contributed by atoms with E-state index in [0.29, 0.717) is 11.5 Å². The molecular weight excluding hydrogens is 400 g/mol. The molecule has 4 aliphatic carbocycles. The molecule has 4 aliphatic rings. The average molecular weight is 447 g/mol. The quantitative estimate of drug-likeness (QED) is 0.261. The van der Waals surface area contributed by atoms with Gasteiger partial charge in [-0.15, -0.1) is 0 Å². The predicted octanol–water partition coefficient (Wildman–Crippen LogP) is 6.92. The van der Waals surface area contributed by atoms with Crippen LogP contribution in [0.25, 0.3) is 0 Å². The maximum absolute atomic E-state index is 10.9. The molecule has 3 nitrogen and oxygen atoms in total. The van der Waals surface area contributed by atoms with Crippen molar-refractivity contribution in [2.75, 3.05) is 6.61 Å². The van der Waals surface area contributed by atoms with Crippen molar-refractivity contribution < 1.29 is 14.0 Å². The summed E-state index contributed by atoms with van der Waals surface area (Å²) >= 11 is 0. The van der Waals surface area contributed by atoms with E-state index in [2.05, 4.69) is 53.8 Å². The minimum atomic E-state index is -1.72.